The first-order valence-corrected chi connectivity index (χ1v) is 15.0. The molecule has 8 nitrogen and oxygen atoms in total. The molecule has 1 atom stereocenters. The molecule has 6 rings (SSSR count). The minimum atomic E-state index is -1.15. The van der Waals surface area contributed by atoms with E-state index in [2.05, 4.69) is 41.7 Å². The normalized spacial score (nSPS) is 11.8. The van der Waals surface area contributed by atoms with Gasteiger partial charge >= 0.3 is 5.97 Å². The Balaban J connectivity index is 1.08. The number of rotatable bonds is 10. The van der Waals surface area contributed by atoms with E-state index in [1.54, 1.807) is 0 Å². The molecule has 1 heterocycles. The van der Waals surface area contributed by atoms with E-state index in [-0.39, 0.29) is 17.0 Å². The number of nitrogens with one attached hydrogen (secondary N) is 1. The maximum Gasteiger partial charge on any atom is 0.327 e. The number of amides is 1. The van der Waals surface area contributed by atoms with Crippen LogP contribution in [0, 0.1) is 10.1 Å². The second-order valence-electron chi connectivity index (χ2n) is 10.2. The molecule has 0 aliphatic heterocycles. The fourth-order valence-electron chi connectivity index (χ4n) is 5.10. The Kier molecular flexibility index (Phi) is 8.12. The van der Waals surface area contributed by atoms with Gasteiger partial charge in [-0.1, -0.05) is 78.9 Å². The monoisotopic (exact) mass is 602 g/mol. The van der Waals surface area contributed by atoms with Crippen molar-refractivity contribution in [2.24, 2.45) is 0 Å². The van der Waals surface area contributed by atoms with Crippen molar-refractivity contribution in [2.75, 3.05) is 5.75 Å². The highest BCUT2D eigenvalue weighted by atomic mass is 32.2. The van der Waals surface area contributed by atoms with E-state index < -0.39 is 22.8 Å². The summed E-state index contributed by atoms with van der Waals surface area (Å²) < 4.78 is 6.05. The quantitative estimate of drug-likeness (QED) is 0.120. The molecule has 6 aromatic rings. The molecule has 0 bridgehead atoms. The fraction of sp³-hybridized carbons (Fsp3) is 0.0857. The lowest BCUT2D eigenvalue weighted by Gasteiger charge is -2.14. The fourth-order valence-corrected chi connectivity index (χ4v) is 6.10. The molecular weight excluding hydrogens is 576 g/mol. The number of carbonyl (C=O) groups excluding carboxylic acids is 1. The lowest BCUT2D eigenvalue weighted by atomic mass is 9.97. The summed E-state index contributed by atoms with van der Waals surface area (Å²) in [4.78, 5) is 34.5. The number of thioether (sulfide) groups is 1. The van der Waals surface area contributed by atoms with Gasteiger partial charge in [0.2, 0.25) is 0 Å². The SMILES string of the molecule is O=C(N[C@@H](CSCc1ccc(-c2ccc(-c3cccc4oc5ccccc5c34)cc2)cc1)C(=O)O)c1ccc([N+](=O)[O-])cc1. The van der Waals surface area contributed by atoms with E-state index in [4.69, 9.17) is 4.42 Å². The summed E-state index contributed by atoms with van der Waals surface area (Å²) in [5, 5.41) is 25.1. The number of aliphatic carboxylic acids is 1. The van der Waals surface area contributed by atoms with Crippen LogP contribution < -0.4 is 5.32 Å². The van der Waals surface area contributed by atoms with Crippen LogP contribution in [0.1, 0.15) is 15.9 Å². The number of nitrogens with zero attached hydrogens (tertiary/aromatic N) is 1. The van der Waals surface area contributed by atoms with Crippen LogP contribution in [-0.2, 0) is 10.5 Å². The van der Waals surface area contributed by atoms with Crippen LogP contribution in [0.15, 0.2) is 120 Å². The molecule has 0 spiro atoms. The second-order valence-corrected chi connectivity index (χ2v) is 11.3. The van der Waals surface area contributed by atoms with Gasteiger partial charge in [-0.2, -0.15) is 11.8 Å². The molecule has 2 N–H and O–H groups in total. The van der Waals surface area contributed by atoms with Gasteiger partial charge in [0.1, 0.15) is 17.2 Å². The minimum absolute atomic E-state index is 0.146. The van der Waals surface area contributed by atoms with E-state index in [0.717, 1.165) is 49.8 Å². The van der Waals surface area contributed by atoms with E-state index in [9.17, 15) is 24.8 Å². The molecule has 218 valence electrons. The Labute approximate surface area is 256 Å². The zero-order chi connectivity index (χ0) is 30.6. The highest BCUT2D eigenvalue weighted by molar-refractivity contribution is 7.98. The standard InChI is InChI=1S/C35H26N2O6S/c38-34(26-16-18-27(19-17-26)37(41)42)36-30(35(39)40)21-44-20-22-8-10-23(11-9-22)24-12-14-25(15-13-24)28-5-3-7-32-33(28)29-4-1-2-6-31(29)43-32/h1-19,30H,20-21H2,(H,36,38)(H,39,40)/t30-/m0/s1. The average Bonchev–Trinajstić information content (AvgIpc) is 3.43. The van der Waals surface area contributed by atoms with E-state index in [1.807, 2.05) is 54.6 Å². The Morgan fingerprint density at radius 2 is 1.43 bits per heavy atom. The van der Waals surface area contributed by atoms with Gasteiger partial charge < -0.3 is 14.8 Å². The number of fused-ring (bicyclic) bond motifs is 3. The van der Waals surface area contributed by atoms with Gasteiger partial charge in [-0.15, -0.1) is 0 Å². The summed E-state index contributed by atoms with van der Waals surface area (Å²) in [6.07, 6.45) is 0. The topological polar surface area (TPSA) is 123 Å². The number of hydrogen-bond acceptors (Lipinski definition) is 6. The summed E-state index contributed by atoms with van der Waals surface area (Å²) in [6, 6.07) is 34.6. The molecule has 0 saturated heterocycles. The van der Waals surface area contributed by atoms with Crippen molar-refractivity contribution >= 4 is 51.3 Å². The molecule has 0 fully saturated rings. The zero-order valence-corrected chi connectivity index (χ0v) is 24.1. The van der Waals surface area contributed by atoms with Crippen LogP contribution in [-0.4, -0.2) is 33.7 Å². The molecule has 1 amide bonds. The molecular formula is C35H26N2O6S. The van der Waals surface area contributed by atoms with Crippen LogP contribution in [0.2, 0.25) is 0 Å². The molecule has 1 aromatic heterocycles. The lowest BCUT2D eigenvalue weighted by molar-refractivity contribution is -0.384. The molecule has 9 heteroatoms. The lowest BCUT2D eigenvalue weighted by Crippen LogP contribution is -2.42. The van der Waals surface area contributed by atoms with Crippen LogP contribution >= 0.6 is 11.8 Å². The Morgan fingerprint density at radius 1 is 0.795 bits per heavy atom. The van der Waals surface area contributed by atoms with Crippen molar-refractivity contribution < 1.29 is 24.0 Å². The Hall–Kier alpha value is -5.41. The highest BCUT2D eigenvalue weighted by Gasteiger charge is 2.21. The number of carboxylic acid groups (broad SMARTS) is 1. The average molecular weight is 603 g/mol. The number of carbonyl (C=O) groups is 2. The van der Waals surface area contributed by atoms with E-state index in [1.165, 1.54) is 36.0 Å². The zero-order valence-electron chi connectivity index (χ0n) is 23.3. The summed E-state index contributed by atoms with van der Waals surface area (Å²) in [7, 11) is 0. The van der Waals surface area contributed by atoms with Gasteiger partial charge in [-0.05, 0) is 52.1 Å². The number of hydrogen-bond donors (Lipinski definition) is 2. The second kappa shape index (κ2) is 12.4. The number of para-hydroxylation sites is 1. The van der Waals surface area contributed by atoms with Gasteiger partial charge in [-0.3, -0.25) is 14.9 Å². The smallest absolute Gasteiger partial charge is 0.327 e. The first-order valence-electron chi connectivity index (χ1n) is 13.8. The number of nitro groups is 1. The van der Waals surface area contributed by atoms with Gasteiger partial charge in [0.25, 0.3) is 11.6 Å². The summed E-state index contributed by atoms with van der Waals surface area (Å²) in [5.74, 6) is -1.02. The maximum atomic E-state index is 12.5. The van der Waals surface area contributed by atoms with Crippen LogP contribution in [0.3, 0.4) is 0 Å². The first kappa shape index (κ1) is 28.7. The van der Waals surface area contributed by atoms with Gasteiger partial charge in [-0.25, -0.2) is 4.79 Å². The molecule has 5 aromatic carbocycles. The molecule has 0 unspecified atom stereocenters. The van der Waals surface area contributed by atoms with Crippen molar-refractivity contribution in [2.45, 2.75) is 11.8 Å². The Morgan fingerprint density at radius 3 is 2.11 bits per heavy atom. The minimum Gasteiger partial charge on any atom is -0.480 e. The molecule has 44 heavy (non-hydrogen) atoms. The maximum absolute atomic E-state index is 12.5. The van der Waals surface area contributed by atoms with Gasteiger partial charge in [0.05, 0.1) is 4.92 Å². The van der Waals surface area contributed by atoms with E-state index >= 15 is 0 Å². The third-order valence-corrected chi connectivity index (χ3v) is 8.49. The number of non-ortho nitro benzene ring substituents is 1. The summed E-state index contributed by atoms with van der Waals surface area (Å²) in [6.45, 7) is 0. The van der Waals surface area contributed by atoms with Crippen molar-refractivity contribution in [3.8, 4) is 22.3 Å². The predicted octanol–water partition coefficient (Wildman–Crippen LogP) is 7.94. The third kappa shape index (κ3) is 6.04. The number of nitro benzene ring substituents is 1. The van der Waals surface area contributed by atoms with Crippen molar-refractivity contribution in [3.63, 3.8) is 0 Å². The number of furan rings is 1. The van der Waals surface area contributed by atoms with Gasteiger partial charge in [0.15, 0.2) is 0 Å². The third-order valence-electron chi connectivity index (χ3n) is 7.38. The van der Waals surface area contributed by atoms with Crippen LogP contribution in [0.25, 0.3) is 44.2 Å². The molecule has 0 aliphatic rings. The summed E-state index contributed by atoms with van der Waals surface area (Å²) >= 11 is 1.40. The molecule has 0 aliphatic carbocycles. The largest absolute Gasteiger partial charge is 0.480 e. The predicted molar refractivity (Wildman–Crippen MR) is 173 cm³/mol. The highest BCUT2D eigenvalue weighted by Crippen LogP contribution is 2.37. The van der Waals surface area contributed by atoms with Crippen LogP contribution in [0.4, 0.5) is 5.69 Å². The van der Waals surface area contributed by atoms with Crippen LogP contribution in [0.5, 0.6) is 0 Å². The molecule has 0 radical (unpaired) electrons. The van der Waals surface area contributed by atoms with E-state index in [0.29, 0.717) is 5.75 Å². The Bertz CT molecular complexity index is 1980. The number of benzene rings is 5. The first-order chi connectivity index (χ1) is 21.4. The number of carboxylic acids is 1. The molecule has 0 saturated carbocycles. The summed E-state index contributed by atoms with van der Waals surface area (Å²) in [5.41, 5.74) is 7.14. The van der Waals surface area contributed by atoms with Crippen molar-refractivity contribution in [1.82, 2.24) is 5.32 Å². The van der Waals surface area contributed by atoms with Crippen molar-refractivity contribution in [3.05, 3.63) is 137 Å². The van der Waals surface area contributed by atoms with Gasteiger partial charge in [0, 0.05) is 40.0 Å². The van der Waals surface area contributed by atoms with Crippen molar-refractivity contribution in [1.29, 1.82) is 0 Å².